The van der Waals surface area contributed by atoms with Crippen LogP contribution in [-0.2, 0) is 11.3 Å². The lowest BCUT2D eigenvalue weighted by atomic mass is 10.0. The van der Waals surface area contributed by atoms with Crippen molar-refractivity contribution in [1.29, 1.82) is 0 Å². The zero-order chi connectivity index (χ0) is 12.7. The molecule has 17 heavy (non-hydrogen) atoms. The Morgan fingerprint density at radius 3 is 2.53 bits per heavy atom. The average molecular weight is 234 g/mol. The molecule has 1 atom stereocenters. The van der Waals surface area contributed by atoms with E-state index in [1.807, 2.05) is 6.92 Å². The summed E-state index contributed by atoms with van der Waals surface area (Å²) in [5.41, 5.74) is 9.26. The lowest BCUT2D eigenvalue weighted by Gasteiger charge is -2.17. The highest BCUT2D eigenvalue weighted by Gasteiger charge is 2.08. The first-order valence-corrected chi connectivity index (χ1v) is 5.83. The summed E-state index contributed by atoms with van der Waals surface area (Å²) in [5.74, 6) is 0. The molecule has 0 heterocycles. The summed E-state index contributed by atoms with van der Waals surface area (Å²) in [6.45, 7) is 7.90. The number of benzene rings is 1. The molecule has 3 N–H and O–H groups in total. The van der Waals surface area contributed by atoms with Gasteiger partial charge in [-0.25, -0.2) is 0 Å². The summed E-state index contributed by atoms with van der Waals surface area (Å²) >= 11 is 0. The number of ether oxygens (including phenoxy) is 1. The summed E-state index contributed by atoms with van der Waals surface area (Å²) < 4.78 is 5.08. The van der Waals surface area contributed by atoms with Crippen LogP contribution in [-0.4, -0.2) is 20.2 Å². The van der Waals surface area contributed by atoms with Crippen LogP contribution in [0.5, 0.6) is 0 Å². The fraction of sp³-hybridized carbons (Fsp3) is 0.429. The summed E-state index contributed by atoms with van der Waals surface area (Å²) in [7, 11) is 1.70. The van der Waals surface area contributed by atoms with Crippen molar-refractivity contribution in [2.75, 3.05) is 20.2 Å². The van der Waals surface area contributed by atoms with Gasteiger partial charge in [0.2, 0.25) is 0 Å². The Balaban J connectivity index is 2.64. The normalized spacial score (nSPS) is 12.4. The Kier molecular flexibility index (Phi) is 5.91. The molecule has 94 valence electrons. The molecule has 0 spiro atoms. The maximum Gasteiger partial charge on any atom is 0.0713 e. The first-order valence-electron chi connectivity index (χ1n) is 5.83. The highest BCUT2D eigenvalue weighted by Crippen LogP contribution is 2.13. The second-order valence-corrected chi connectivity index (χ2v) is 4.30. The summed E-state index contributed by atoms with van der Waals surface area (Å²) in [4.78, 5) is 0. The molecule has 0 saturated heterocycles. The topological polar surface area (TPSA) is 47.3 Å². The molecule has 3 heteroatoms. The first-order chi connectivity index (χ1) is 8.17. The van der Waals surface area contributed by atoms with Crippen molar-refractivity contribution >= 4 is 0 Å². The third kappa shape index (κ3) is 4.69. The lowest BCUT2D eigenvalue weighted by Crippen LogP contribution is -2.29. The van der Waals surface area contributed by atoms with Gasteiger partial charge in [0.25, 0.3) is 0 Å². The van der Waals surface area contributed by atoms with Crippen molar-refractivity contribution in [2.24, 2.45) is 5.73 Å². The fourth-order valence-corrected chi connectivity index (χ4v) is 1.65. The molecule has 0 aliphatic rings. The molecule has 3 nitrogen and oxygen atoms in total. The fourth-order valence-electron chi connectivity index (χ4n) is 1.65. The van der Waals surface area contributed by atoms with Crippen LogP contribution in [0.1, 0.15) is 24.1 Å². The largest absolute Gasteiger partial charge is 0.380 e. The lowest BCUT2D eigenvalue weighted by molar-refractivity contribution is 0.185. The Bertz CT molecular complexity index is 346. The monoisotopic (exact) mass is 234 g/mol. The van der Waals surface area contributed by atoms with Crippen molar-refractivity contribution < 1.29 is 4.74 Å². The van der Waals surface area contributed by atoms with E-state index in [0.717, 1.165) is 12.1 Å². The maximum atomic E-state index is 5.77. The SMILES string of the molecule is C=C(C)CNC(CN)c1ccc(COC)cc1. The molecular formula is C14H22N2O. The molecular weight excluding hydrogens is 212 g/mol. The average Bonchev–Trinajstić information content (AvgIpc) is 2.32. The van der Waals surface area contributed by atoms with Gasteiger partial charge in [-0.05, 0) is 18.1 Å². The van der Waals surface area contributed by atoms with Gasteiger partial charge in [0.05, 0.1) is 6.61 Å². The number of methoxy groups -OCH3 is 1. The smallest absolute Gasteiger partial charge is 0.0713 e. The Morgan fingerprint density at radius 1 is 1.41 bits per heavy atom. The van der Waals surface area contributed by atoms with Crippen LogP contribution in [0.25, 0.3) is 0 Å². The molecule has 0 aliphatic heterocycles. The predicted molar refractivity (Wildman–Crippen MR) is 71.8 cm³/mol. The van der Waals surface area contributed by atoms with E-state index >= 15 is 0 Å². The highest BCUT2D eigenvalue weighted by molar-refractivity contribution is 5.25. The molecule has 0 fully saturated rings. The first kappa shape index (κ1) is 13.9. The number of hydrogen-bond donors (Lipinski definition) is 2. The van der Waals surface area contributed by atoms with Crippen molar-refractivity contribution in [3.05, 3.63) is 47.5 Å². The molecule has 0 aliphatic carbocycles. The minimum atomic E-state index is 0.184. The molecule has 0 radical (unpaired) electrons. The van der Waals surface area contributed by atoms with E-state index in [1.165, 1.54) is 11.1 Å². The van der Waals surface area contributed by atoms with Crippen LogP contribution in [0.2, 0.25) is 0 Å². The van der Waals surface area contributed by atoms with Crippen molar-refractivity contribution in [3.63, 3.8) is 0 Å². The third-order valence-corrected chi connectivity index (χ3v) is 2.58. The molecule has 0 aromatic heterocycles. The van der Waals surface area contributed by atoms with Gasteiger partial charge >= 0.3 is 0 Å². The van der Waals surface area contributed by atoms with Crippen LogP contribution < -0.4 is 11.1 Å². The third-order valence-electron chi connectivity index (χ3n) is 2.58. The van der Waals surface area contributed by atoms with Gasteiger partial charge in [-0.3, -0.25) is 0 Å². The molecule has 0 saturated carbocycles. The van der Waals surface area contributed by atoms with Gasteiger partial charge in [-0.15, -0.1) is 0 Å². The number of rotatable bonds is 7. The quantitative estimate of drug-likeness (QED) is 0.709. The number of nitrogens with one attached hydrogen (secondary N) is 1. The van der Waals surface area contributed by atoms with E-state index in [1.54, 1.807) is 7.11 Å². The van der Waals surface area contributed by atoms with Crippen LogP contribution in [0.15, 0.2) is 36.4 Å². The molecule has 1 aromatic rings. The van der Waals surface area contributed by atoms with E-state index in [0.29, 0.717) is 13.2 Å². The van der Waals surface area contributed by atoms with Crippen molar-refractivity contribution in [1.82, 2.24) is 5.32 Å². The van der Waals surface area contributed by atoms with Gasteiger partial charge in [0.1, 0.15) is 0 Å². The molecule has 0 bridgehead atoms. The molecule has 1 unspecified atom stereocenters. The van der Waals surface area contributed by atoms with E-state index in [9.17, 15) is 0 Å². The van der Waals surface area contributed by atoms with Gasteiger partial charge in [-0.1, -0.05) is 36.4 Å². The predicted octanol–water partition coefficient (Wildman–Crippen LogP) is 2.00. The van der Waals surface area contributed by atoms with Crippen LogP contribution >= 0.6 is 0 Å². The molecule has 1 aromatic carbocycles. The van der Waals surface area contributed by atoms with E-state index in [4.69, 9.17) is 10.5 Å². The second kappa shape index (κ2) is 7.22. The summed E-state index contributed by atoms with van der Waals surface area (Å²) in [6, 6.07) is 8.52. The Hall–Kier alpha value is -1.16. The zero-order valence-corrected chi connectivity index (χ0v) is 10.7. The van der Waals surface area contributed by atoms with Crippen molar-refractivity contribution in [2.45, 2.75) is 19.6 Å². The van der Waals surface area contributed by atoms with Crippen LogP contribution in [0, 0.1) is 0 Å². The van der Waals surface area contributed by atoms with E-state index < -0.39 is 0 Å². The second-order valence-electron chi connectivity index (χ2n) is 4.30. The Morgan fingerprint density at radius 2 is 2.06 bits per heavy atom. The van der Waals surface area contributed by atoms with E-state index in [-0.39, 0.29) is 6.04 Å². The molecule has 1 rings (SSSR count). The standard InChI is InChI=1S/C14H22N2O/c1-11(2)9-16-14(8-15)13-6-4-12(5-7-13)10-17-3/h4-7,14,16H,1,8-10,15H2,2-3H3. The van der Waals surface area contributed by atoms with Crippen LogP contribution in [0.3, 0.4) is 0 Å². The zero-order valence-electron chi connectivity index (χ0n) is 10.7. The Labute approximate surface area is 104 Å². The highest BCUT2D eigenvalue weighted by atomic mass is 16.5. The number of hydrogen-bond acceptors (Lipinski definition) is 3. The maximum absolute atomic E-state index is 5.77. The molecule has 0 amide bonds. The van der Waals surface area contributed by atoms with Crippen molar-refractivity contribution in [3.8, 4) is 0 Å². The summed E-state index contributed by atoms with van der Waals surface area (Å²) in [6.07, 6.45) is 0. The van der Waals surface area contributed by atoms with Gasteiger partial charge in [-0.2, -0.15) is 0 Å². The number of nitrogens with two attached hydrogens (primary N) is 1. The minimum absolute atomic E-state index is 0.184. The van der Waals surface area contributed by atoms with Gasteiger partial charge < -0.3 is 15.8 Å². The summed E-state index contributed by atoms with van der Waals surface area (Å²) in [5, 5.41) is 3.38. The van der Waals surface area contributed by atoms with Gasteiger partial charge in [0.15, 0.2) is 0 Å². The van der Waals surface area contributed by atoms with E-state index in [2.05, 4.69) is 36.2 Å². The minimum Gasteiger partial charge on any atom is -0.380 e. The van der Waals surface area contributed by atoms with Gasteiger partial charge in [0, 0.05) is 26.2 Å². The van der Waals surface area contributed by atoms with Crippen LogP contribution in [0.4, 0.5) is 0 Å².